The zero-order valence-electron chi connectivity index (χ0n) is 13.8. The molecule has 1 aromatic carbocycles. The standard InChI is InChI=1S/C19H23NO3/c1-13-17-18(23-19(2,3)22-17)16(15-10-7-11-21-15)20(13)12-14-8-5-4-6-9-14/h4-11,13,16-18H,12H2,1-3H3/t13-,16+,17-,18+/m1/s1. The molecule has 4 rings (SSSR count). The summed E-state index contributed by atoms with van der Waals surface area (Å²) in [5, 5.41) is 0. The fraction of sp³-hybridized carbons (Fsp3) is 0.474. The van der Waals surface area contributed by atoms with Gasteiger partial charge in [-0.25, -0.2) is 0 Å². The second kappa shape index (κ2) is 5.48. The molecule has 3 heterocycles. The Hall–Kier alpha value is -1.62. The normalized spacial score (nSPS) is 33.0. The highest BCUT2D eigenvalue weighted by Crippen LogP contribution is 2.47. The van der Waals surface area contributed by atoms with Gasteiger partial charge in [0.05, 0.1) is 12.3 Å². The summed E-state index contributed by atoms with van der Waals surface area (Å²) in [5.74, 6) is 0.411. The lowest BCUT2D eigenvalue weighted by Gasteiger charge is -2.31. The first-order valence-corrected chi connectivity index (χ1v) is 8.24. The van der Waals surface area contributed by atoms with Gasteiger partial charge >= 0.3 is 0 Å². The molecule has 0 aliphatic carbocycles. The van der Waals surface area contributed by atoms with E-state index >= 15 is 0 Å². The van der Waals surface area contributed by atoms with Crippen molar-refractivity contribution in [2.45, 2.75) is 57.4 Å². The van der Waals surface area contributed by atoms with Crippen LogP contribution in [0.1, 0.15) is 38.1 Å². The van der Waals surface area contributed by atoms with Crippen molar-refractivity contribution in [3.63, 3.8) is 0 Å². The van der Waals surface area contributed by atoms with Gasteiger partial charge in [-0.05, 0) is 38.5 Å². The lowest BCUT2D eigenvalue weighted by molar-refractivity contribution is -0.169. The van der Waals surface area contributed by atoms with Gasteiger partial charge in [0, 0.05) is 12.6 Å². The van der Waals surface area contributed by atoms with E-state index in [2.05, 4.69) is 36.1 Å². The van der Waals surface area contributed by atoms with E-state index in [9.17, 15) is 0 Å². The maximum Gasteiger partial charge on any atom is 0.163 e. The highest BCUT2D eigenvalue weighted by atomic mass is 16.8. The summed E-state index contributed by atoms with van der Waals surface area (Å²) in [6.07, 6.45) is 1.79. The van der Waals surface area contributed by atoms with Crippen LogP contribution in [0.2, 0.25) is 0 Å². The smallest absolute Gasteiger partial charge is 0.163 e. The minimum Gasteiger partial charge on any atom is -0.468 e. The van der Waals surface area contributed by atoms with Gasteiger partial charge in [0.15, 0.2) is 5.79 Å². The summed E-state index contributed by atoms with van der Waals surface area (Å²) in [5.41, 5.74) is 1.29. The number of benzene rings is 1. The quantitative estimate of drug-likeness (QED) is 0.864. The van der Waals surface area contributed by atoms with Crippen LogP contribution >= 0.6 is 0 Å². The van der Waals surface area contributed by atoms with Gasteiger partial charge in [0.1, 0.15) is 18.0 Å². The predicted molar refractivity (Wildman–Crippen MR) is 86.7 cm³/mol. The molecule has 0 unspecified atom stereocenters. The number of hydrogen-bond donors (Lipinski definition) is 0. The monoisotopic (exact) mass is 313 g/mol. The topological polar surface area (TPSA) is 34.8 Å². The van der Waals surface area contributed by atoms with Gasteiger partial charge in [-0.2, -0.15) is 0 Å². The number of fused-ring (bicyclic) bond motifs is 1. The van der Waals surface area contributed by atoms with E-state index in [-0.39, 0.29) is 24.3 Å². The van der Waals surface area contributed by atoms with Crippen molar-refractivity contribution in [1.82, 2.24) is 4.90 Å². The SMILES string of the molecule is C[C@@H]1[C@H]2OC(C)(C)O[C@H]2[C@H](c2ccco2)N1Cc1ccccc1. The average Bonchev–Trinajstić information content (AvgIpc) is 3.19. The molecule has 2 fully saturated rings. The number of nitrogens with zero attached hydrogens (tertiary/aromatic N) is 1. The second-order valence-corrected chi connectivity index (χ2v) is 6.92. The molecule has 0 radical (unpaired) electrons. The van der Waals surface area contributed by atoms with E-state index in [4.69, 9.17) is 13.9 Å². The molecule has 2 aliphatic rings. The molecular formula is C19H23NO3. The Bertz CT molecular complexity index is 653. The first-order valence-electron chi connectivity index (χ1n) is 8.24. The molecule has 0 bridgehead atoms. The van der Waals surface area contributed by atoms with Crippen molar-refractivity contribution in [1.29, 1.82) is 0 Å². The summed E-state index contributed by atoms with van der Waals surface area (Å²) in [6, 6.07) is 14.8. The van der Waals surface area contributed by atoms with E-state index in [1.807, 2.05) is 32.0 Å². The molecule has 0 amide bonds. The molecule has 122 valence electrons. The van der Waals surface area contributed by atoms with E-state index < -0.39 is 5.79 Å². The molecule has 1 aromatic heterocycles. The number of likely N-dealkylation sites (tertiary alicyclic amines) is 1. The molecule has 4 nitrogen and oxygen atoms in total. The molecule has 23 heavy (non-hydrogen) atoms. The van der Waals surface area contributed by atoms with Crippen LogP contribution in [0.15, 0.2) is 53.1 Å². The maximum atomic E-state index is 6.22. The van der Waals surface area contributed by atoms with E-state index in [1.54, 1.807) is 6.26 Å². The van der Waals surface area contributed by atoms with Crippen LogP contribution in [-0.4, -0.2) is 28.9 Å². The number of ether oxygens (including phenoxy) is 2. The molecule has 0 saturated carbocycles. The van der Waals surface area contributed by atoms with Gasteiger partial charge < -0.3 is 13.9 Å². The fourth-order valence-electron chi connectivity index (χ4n) is 3.89. The summed E-state index contributed by atoms with van der Waals surface area (Å²) in [6.45, 7) is 7.04. The van der Waals surface area contributed by atoms with Crippen LogP contribution in [0.25, 0.3) is 0 Å². The van der Waals surface area contributed by atoms with Gasteiger partial charge in [0.25, 0.3) is 0 Å². The Kier molecular flexibility index (Phi) is 3.56. The Morgan fingerprint density at radius 2 is 1.74 bits per heavy atom. The van der Waals surface area contributed by atoms with Crippen molar-refractivity contribution < 1.29 is 13.9 Å². The van der Waals surface area contributed by atoms with Crippen molar-refractivity contribution in [2.24, 2.45) is 0 Å². The zero-order chi connectivity index (χ0) is 16.0. The average molecular weight is 313 g/mol. The van der Waals surface area contributed by atoms with Crippen LogP contribution in [0, 0.1) is 0 Å². The Morgan fingerprint density at radius 1 is 1.00 bits per heavy atom. The molecule has 2 saturated heterocycles. The largest absolute Gasteiger partial charge is 0.468 e. The highest BCUT2D eigenvalue weighted by molar-refractivity contribution is 5.20. The Morgan fingerprint density at radius 3 is 2.43 bits per heavy atom. The van der Waals surface area contributed by atoms with Crippen LogP contribution < -0.4 is 0 Å². The lowest BCUT2D eigenvalue weighted by atomic mass is 10.1. The minimum absolute atomic E-state index is 0.00476. The van der Waals surface area contributed by atoms with E-state index in [1.165, 1.54) is 5.56 Å². The second-order valence-electron chi connectivity index (χ2n) is 6.92. The van der Waals surface area contributed by atoms with Crippen molar-refractivity contribution >= 4 is 0 Å². The molecule has 4 atom stereocenters. The fourth-order valence-corrected chi connectivity index (χ4v) is 3.89. The summed E-state index contributed by atoms with van der Waals surface area (Å²) < 4.78 is 18.1. The third kappa shape index (κ3) is 2.61. The first kappa shape index (κ1) is 14.9. The molecule has 0 spiro atoms. The van der Waals surface area contributed by atoms with Crippen LogP contribution in [0.3, 0.4) is 0 Å². The molecule has 4 heteroatoms. The number of rotatable bonds is 3. The maximum absolute atomic E-state index is 6.22. The number of hydrogen-bond acceptors (Lipinski definition) is 4. The highest BCUT2D eigenvalue weighted by Gasteiger charge is 2.57. The molecule has 2 aliphatic heterocycles. The minimum atomic E-state index is -0.534. The third-order valence-corrected chi connectivity index (χ3v) is 4.87. The Balaban J connectivity index is 1.67. The van der Waals surface area contributed by atoms with Crippen molar-refractivity contribution in [2.75, 3.05) is 0 Å². The number of furan rings is 1. The predicted octanol–water partition coefficient (Wildman–Crippen LogP) is 3.75. The van der Waals surface area contributed by atoms with Crippen LogP contribution in [-0.2, 0) is 16.0 Å². The van der Waals surface area contributed by atoms with Crippen molar-refractivity contribution in [3.05, 3.63) is 60.1 Å². The van der Waals surface area contributed by atoms with Gasteiger partial charge in [0.2, 0.25) is 0 Å². The van der Waals surface area contributed by atoms with Gasteiger partial charge in [-0.3, -0.25) is 4.90 Å². The zero-order valence-corrected chi connectivity index (χ0v) is 13.8. The summed E-state index contributed by atoms with van der Waals surface area (Å²) in [4.78, 5) is 2.43. The molecular weight excluding hydrogens is 290 g/mol. The van der Waals surface area contributed by atoms with E-state index in [0.717, 1.165) is 12.3 Å². The molecule has 0 N–H and O–H groups in total. The van der Waals surface area contributed by atoms with Crippen LogP contribution in [0.4, 0.5) is 0 Å². The molecule has 2 aromatic rings. The Labute approximate surface area is 137 Å². The van der Waals surface area contributed by atoms with Crippen molar-refractivity contribution in [3.8, 4) is 0 Å². The van der Waals surface area contributed by atoms with Crippen LogP contribution in [0.5, 0.6) is 0 Å². The summed E-state index contributed by atoms with van der Waals surface area (Å²) >= 11 is 0. The first-order chi connectivity index (χ1) is 11.1. The van der Waals surface area contributed by atoms with Gasteiger partial charge in [-0.15, -0.1) is 0 Å². The lowest BCUT2D eigenvalue weighted by Crippen LogP contribution is -2.37. The van der Waals surface area contributed by atoms with E-state index in [0.29, 0.717) is 0 Å². The van der Waals surface area contributed by atoms with Gasteiger partial charge in [-0.1, -0.05) is 30.3 Å². The third-order valence-electron chi connectivity index (χ3n) is 4.87. The summed E-state index contributed by atoms with van der Waals surface area (Å²) in [7, 11) is 0.